The zero-order chi connectivity index (χ0) is 42.4. The van der Waals surface area contributed by atoms with Gasteiger partial charge in [-0.2, -0.15) is 0 Å². The highest BCUT2D eigenvalue weighted by Gasteiger charge is 2.36. The molecule has 1 aliphatic rings. The summed E-state index contributed by atoms with van der Waals surface area (Å²) in [6.45, 7) is 6.12. The topological polar surface area (TPSA) is 118 Å². The molecular formula is C50H61NO9. The van der Waals surface area contributed by atoms with Gasteiger partial charge >= 0.3 is 17.9 Å². The van der Waals surface area contributed by atoms with Gasteiger partial charge in [0, 0.05) is 12.1 Å². The number of unbranched alkanes of at least 4 members (excludes halogenated alkanes) is 12. The first-order valence-corrected chi connectivity index (χ1v) is 22.0. The van der Waals surface area contributed by atoms with Crippen LogP contribution in [0.5, 0.6) is 28.7 Å². The predicted octanol–water partition coefficient (Wildman–Crippen LogP) is 11.6. The molecule has 60 heavy (non-hydrogen) atoms. The van der Waals surface area contributed by atoms with Crippen molar-refractivity contribution in [1.82, 2.24) is 4.90 Å². The number of ether oxygens (including phenoxy) is 5. The minimum Gasteiger partial charge on any atom is -0.494 e. The number of likely N-dealkylation sites (tertiary alicyclic amines) is 1. The van der Waals surface area contributed by atoms with Crippen LogP contribution in [0, 0.1) is 0 Å². The number of rotatable bonds is 25. The Morgan fingerprint density at radius 1 is 0.467 bits per heavy atom. The van der Waals surface area contributed by atoms with Crippen molar-refractivity contribution >= 4 is 23.8 Å². The van der Waals surface area contributed by atoms with Crippen LogP contribution in [0.2, 0.25) is 0 Å². The zero-order valence-electron chi connectivity index (χ0n) is 35.4. The average molecular weight is 820 g/mol. The van der Waals surface area contributed by atoms with Crippen molar-refractivity contribution < 1.29 is 42.9 Å². The fourth-order valence-electron chi connectivity index (χ4n) is 7.05. The summed E-state index contributed by atoms with van der Waals surface area (Å²) in [6.07, 6.45) is 18.1. The first-order chi connectivity index (χ1) is 29.3. The third-order valence-electron chi connectivity index (χ3n) is 10.6. The van der Waals surface area contributed by atoms with Crippen LogP contribution in [0.15, 0.2) is 97.1 Å². The van der Waals surface area contributed by atoms with Crippen molar-refractivity contribution in [2.75, 3.05) is 19.8 Å². The van der Waals surface area contributed by atoms with E-state index in [1.807, 2.05) is 0 Å². The van der Waals surface area contributed by atoms with Crippen LogP contribution in [0.25, 0.3) is 0 Å². The second kappa shape index (κ2) is 25.1. The fraction of sp³-hybridized carbons (Fsp3) is 0.440. The molecule has 5 rings (SSSR count). The minimum atomic E-state index is -0.766. The van der Waals surface area contributed by atoms with Crippen molar-refractivity contribution in [3.8, 4) is 28.7 Å². The van der Waals surface area contributed by atoms with E-state index in [1.165, 1.54) is 69.1 Å². The largest absolute Gasteiger partial charge is 0.494 e. The second-order valence-corrected chi connectivity index (χ2v) is 15.3. The molecule has 320 valence electrons. The van der Waals surface area contributed by atoms with Gasteiger partial charge in [0.15, 0.2) is 0 Å². The van der Waals surface area contributed by atoms with Gasteiger partial charge < -0.3 is 28.6 Å². The Kier molecular flexibility index (Phi) is 19.0. The molecule has 0 unspecified atom stereocenters. The molecule has 1 aliphatic heterocycles. The van der Waals surface area contributed by atoms with Gasteiger partial charge in [-0.3, -0.25) is 4.79 Å². The van der Waals surface area contributed by atoms with Crippen LogP contribution < -0.4 is 23.7 Å². The molecule has 0 spiro atoms. The fourth-order valence-corrected chi connectivity index (χ4v) is 7.05. The van der Waals surface area contributed by atoms with Gasteiger partial charge in [0.05, 0.1) is 24.3 Å². The van der Waals surface area contributed by atoms with E-state index in [9.17, 15) is 19.2 Å². The highest BCUT2D eigenvalue weighted by molar-refractivity contribution is 5.98. The van der Waals surface area contributed by atoms with Gasteiger partial charge in [-0.05, 0) is 123 Å². The summed E-state index contributed by atoms with van der Waals surface area (Å²) in [5, 5.41) is 0. The third-order valence-corrected chi connectivity index (χ3v) is 10.6. The van der Waals surface area contributed by atoms with Crippen molar-refractivity contribution in [3.63, 3.8) is 0 Å². The molecule has 1 fully saturated rings. The summed E-state index contributed by atoms with van der Waals surface area (Å²) in [6, 6.07) is 25.4. The maximum atomic E-state index is 13.5. The average Bonchev–Trinajstić information content (AvgIpc) is 3.77. The van der Waals surface area contributed by atoms with Gasteiger partial charge in [0.1, 0.15) is 34.8 Å². The van der Waals surface area contributed by atoms with E-state index in [4.69, 9.17) is 23.7 Å². The molecule has 1 heterocycles. The molecule has 10 nitrogen and oxygen atoms in total. The highest BCUT2D eigenvalue weighted by Crippen LogP contribution is 2.26. The van der Waals surface area contributed by atoms with E-state index in [0.29, 0.717) is 72.3 Å². The van der Waals surface area contributed by atoms with E-state index < -0.39 is 23.9 Å². The Bertz CT molecular complexity index is 1910. The quantitative estimate of drug-likeness (QED) is 0.0366. The van der Waals surface area contributed by atoms with Crippen LogP contribution in [0.3, 0.4) is 0 Å². The summed E-state index contributed by atoms with van der Waals surface area (Å²) in [5.41, 5.74) is 1.12. The van der Waals surface area contributed by atoms with Crippen LogP contribution in [0.4, 0.5) is 0 Å². The summed E-state index contributed by atoms with van der Waals surface area (Å²) >= 11 is 0. The highest BCUT2D eigenvalue weighted by atomic mass is 16.5. The first-order valence-electron chi connectivity index (χ1n) is 22.0. The standard InChI is InChI=1S/C50H61NO9/c1-3-5-7-9-11-12-14-16-37-57-42-27-23-40(24-28-42)49(54)59-44-31-33-45(34-32-44)60-50(55)46-18-17-35-51(46)47(52)38-19-29-43(30-20-38)58-48(53)39-21-25-41(26-22-39)56-36-15-13-10-8-6-4-2/h19-34,46H,3-18,35-37H2,1-2H3/t46-/m0/s1. The molecule has 1 saturated heterocycles. The maximum absolute atomic E-state index is 13.5. The molecule has 0 radical (unpaired) electrons. The van der Waals surface area contributed by atoms with Crippen molar-refractivity contribution in [1.29, 1.82) is 0 Å². The number of carbonyl (C=O) groups excluding carboxylic acids is 4. The molecule has 0 aliphatic carbocycles. The smallest absolute Gasteiger partial charge is 0.343 e. The molecular weight excluding hydrogens is 759 g/mol. The number of hydrogen-bond donors (Lipinski definition) is 0. The van der Waals surface area contributed by atoms with Crippen molar-refractivity contribution in [2.24, 2.45) is 0 Å². The molecule has 0 bridgehead atoms. The molecule has 0 saturated carbocycles. The molecule has 4 aromatic rings. The Labute approximate surface area is 355 Å². The second-order valence-electron chi connectivity index (χ2n) is 15.3. The Morgan fingerprint density at radius 3 is 1.28 bits per heavy atom. The molecule has 1 amide bonds. The lowest BCUT2D eigenvalue weighted by atomic mass is 10.1. The predicted molar refractivity (Wildman–Crippen MR) is 232 cm³/mol. The van der Waals surface area contributed by atoms with Crippen molar-refractivity contribution in [3.05, 3.63) is 114 Å². The lowest BCUT2D eigenvalue weighted by Gasteiger charge is -2.23. The molecule has 10 heteroatoms. The third kappa shape index (κ3) is 14.9. The summed E-state index contributed by atoms with van der Waals surface area (Å²) in [5.74, 6) is 0.340. The molecule has 0 aromatic heterocycles. The number of nitrogens with zero attached hydrogens (tertiary/aromatic N) is 1. The maximum Gasteiger partial charge on any atom is 0.343 e. The van der Waals surface area contributed by atoms with Crippen LogP contribution >= 0.6 is 0 Å². The van der Waals surface area contributed by atoms with Crippen LogP contribution in [-0.4, -0.2) is 54.5 Å². The van der Waals surface area contributed by atoms with E-state index in [1.54, 1.807) is 97.1 Å². The summed E-state index contributed by atoms with van der Waals surface area (Å²) < 4.78 is 28.4. The monoisotopic (exact) mass is 819 g/mol. The van der Waals surface area contributed by atoms with Gasteiger partial charge in [-0.25, -0.2) is 14.4 Å². The summed E-state index contributed by atoms with van der Waals surface area (Å²) in [4.78, 5) is 53.8. The zero-order valence-corrected chi connectivity index (χ0v) is 35.4. The first kappa shape index (κ1) is 45.4. The Balaban J connectivity index is 1.02. The lowest BCUT2D eigenvalue weighted by molar-refractivity contribution is -0.138. The van der Waals surface area contributed by atoms with E-state index >= 15 is 0 Å². The molecule has 4 aromatic carbocycles. The van der Waals surface area contributed by atoms with Crippen LogP contribution in [0.1, 0.15) is 148 Å². The van der Waals surface area contributed by atoms with E-state index in [-0.39, 0.29) is 11.7 Å². The Hall–Kier alpha value is -5.64. The van der Waals surface area contributed by atoms with Gasteiger partial charge in [-0.1, -0.05) is 90.9 Å². The number of amides is 1. The Morgan fingerprint density at radius 2 is 0.833 bits per heavy atom. The SMILES string of the molecule is CCCCCCCCCCOc1ccc(C(=O)Oc2ccc(OC(=O)[C@@H]3CCCN3C(=O)c3ccc(OC(=O)c4ccc(OCCCCCCCC)cc4)cc3)cc2)cc1. The number of carbonyl (C=O) groups is 4. The van der Waals surface area contributed by atoms with Crippen LogP contribution in [-0.2, 0) is 4.79 Å². The molecule has 1 atom stereocenters. The van der Waals surface area contributed by atoms with E-state index in [2.05, 4.69) is 13.8 Å². The minimum absolute atomic E-state index is 0.263. The number of esters is 3. The number of hydrogen-bond acceptors (Lipinski definition) is 9. The van der Waals surface area contributed by atoms with E-state index in [0.717, 1.165) is 25.7 Å². The van der Waals surface area contributed by atoms with Gasteiger partial charge in [-0.15, -0.1) is 0 Å². The van der Waals surface area contributed by atoms with Gasteiger partial charge in [0.25, 0.3) is 5.91 Å². The van der Waals surface area contributed by atoms with Gasteiger partial charge in [0.2, 0.25) is 0 Å². The summed E-state index contributed by atoms with van der Waals surface area (Å²) in [7, 11) is 0. The lowest BCUT2D eigenvalue weighted by Crippen LogP contribution is -2.42. The van der Waals surface area contributed by atoms with Crippen molar-refractivity contribution in [2.45, 2.75) is 123 Å². The molecule has 0 N–H and O–H groups in total. The number of benzene rings is 4. The normalized spacial score (nSPS) is 13.4.